The lowest BCUT2D eigenvalue weighted by atomic mass is 9.90. The van der Waals surface area contributed by atoms with Gasteiger partial charge >= 0.3 is 0 Å². The fourth-order valence-electron chi connectivity index (χ4n) is 16.5. The fraction of sp³-hybridized carbons (Fsp3) is 0. The lowest BCUT2D eigenvalue weighted by Crippen LogP contribution is -2.27. The van der Waals surface area contributed by atoms with E-state index in [0.29, 0.717) is 0 Å². The molecule has 20 aromatic carbocycles. The van der Waals surface area contributed by atoms with E-state index in [4.69, 9.17) is 0 Å². The predicted octanol–water partition coefficient (Wildman–Crippen LogP) is 22.8. The second-order valence-electron chi connectivity index (χ2n) is 26.0. The highest BCUT2D eigenvalue weighted by molar-refractivity contribution is 7.87. The zero-order valence-electron chi connectivity index (χ0n) is 52.0. The number of hydrogen-bond donors (Lipinski definition) is 0. The van der Waals surface area contributed by atoms with Gasteiger partial charge in [-0.15, -0.1) is 0 Å². The first-order valence-electron chi connectivity index (χ1n) is 33.0. The number of rotatable bonds is 7. The second-order valence-corrected chi connectivity index (χ2v) is 31.4. The minimum atomic E-state index is -3.79. The maximum Gasteiger partial charge on any atom is 0.173 e. The molecule has 0 aliphatic heterocycles. The van der Waals surface area contributed by atoms with Gasteiger partial charge in [0, 0.05) is 42.6 Å². The van der Waals surface area contributed by atoms with Crippen molar-refractivity contribution in [2.45, 2.75) is 0 Å². The van der Waals surface area contributed by atoms with Crippen LogP contribution in [0.15, 0.2) is 340 Å². The minimum absolute atomic E-state index is 0.788. The van der Waals surface area contributed by atoms with Crippen LogP contribution < -0.4 is 31.8 Å². The monoisotopic (exact) mass is 1250 g/mol. The summed E-state index contributed by atoms with van der Waals surface area (Å²) in [5, 5.41) is 35.1. The molecular formula is C92H56O2P2. The van der Waals surface area contributed by atoms with E-state index in [1.807, 2.05) is 0 Å². The number of hydrogen-bond acceptors (Lipinski definition) is 2. The third-order valence-corrected chi connectivity index (χ3v) is 27.2. The average Bonchev–Trinajstić information content (AvgIpc) is 0.704. The van der Waals surface area contributed by atoms with E-state index in [9.17, 15) is 0 Å². The van der Waals surface area contributed by atoms with Gasteiger partial charge in [-0.1, -0.05) is 279 Å². The standard InChI is InChI=1S/C92H56O2P2/c93-95(71-44-41-63-47-59-21-1-2-22-60(59)49-69(63)52-71,91-75-29-9-5-23-66(75)55-85-79-33-12-11-31-77(79)78-32-13-15-35-82(78)89(85)91)72-45-42-64-48-62-40-39-61(50-68(62)51-70(64)53-72)65-43-46-81-84(54-65)80-34-14-16-36-83(80)90-86(81)56-67-24-6-10-30-76(67)92(90)96(94,87-37-17-25-57-19-3-7-27-73(57)87)88-38-18-26-58-20-4-8-28-74(58)88/h1-56H. The molecule has 0 saturated carbocycles. The summed E-state index contributed by atoms with van der Waals surface area (Å²) in [6.45, 7) is 0. The molecular weight excluding hydrogens is 1200 g/mol. The summed E-state index contributed by atoms with van der Waals surface area (Å²) in [4.78, 5) is 0. The van der Waals surface area contributed by atoms with Crippen molar-refractivity contribution < 1.29 is 9.13 Å². The van der Waals surface area contributed by atoms with Crippen molar-refractivity contribution in [1.29, 1.82) is 0 Å². The Morgan fingerprint density at radius 1 is 0.167 bits per heavy atom. The van der Waals surface area contributed by atoms with Crippen molar-refractivity contribution in [2.75, 3.05) is 0 Å². The fourth-order valence-corrected chi connectivity index (χ4v) is 23.2. The molecule has 0 spiro atoms. The van der Waals surface area contributed by atoms with E-state index in [1.54, 1.807) is 0 Å². The van der Waals surface area contributed by atoms with Crippen molar-refractivity contribution in [3.63, 3.8) is 0 Å². The van der Waals surface area contributed by atoms with Gasteiger partial charge in [0.15, 0.2) is 14.3 Å². The van der Waals surface area contributed by atoms with Gasteiger partial charge in [0.25, 0.3) is 0 Å². The van der Waals surface area contributed by atoms with E-state index >= 15 is 9.13 Å². The highest BCUT2D eigenvalue weighted by Crippen LogP contribution is 2.54. The van der Waals surface area contributed by atoms with Gasteiger partial charge in [0.1, 0.15) is 0 Å². The minimum Gasteiger partial charge on any atom is -0.309 e. The quantitative estimate of drug-likeness (QED) is 0.0905. The Hall–Kier alpha value is -11.5. The topological polar surface area (TPSA) is 34.1 Å². The van der Waals surface area contributed by atoms with Crippen molar-refractivity contribution in [3.8, 4) is 11.1 Å². The molecule has 1 unspecified atom stereocenters. The molecule has 1 atom stereocenters. The maximum absolute atomic E-state index is 18.1. The molecule has 0 radical (unpaired) electrons. The Bertz CT molecular complexity index is 6830. The predicted molar refractivity (Wildman–Crippen MR) is 416 cm³/mol. The maximum atomic E-state index is 18.1. The zero-order chi connectivity index (χ0) is 63.4. The molecule has 2 nitrogen and oxygen atoms in total. The first-order valence-corrected chi connectivity index (χ1v) is 36.4. The first kappa shape index (κ1) is 55.0. The summed E-state index contributed by atoms with van der Waals surface area (Å²) < 4.78 is 36.0. The smallest absolute Gasteiger partial charge is 0.173 e. The van der Waals surface area contributed by atoms with Gasteiger partial charge in [-0.25, -0.2) is 0 Å². The van der Waals surface area contributed by atoms with Gasteiger partial charge in [0.05, 0.1) is 0 Å². The van der Waals surface area contributed by atoms with Crippen LogP contribution >= 0.6 is 14.3 Å². The molecule has 20 rings (SSSR count). The number of benzene rings is 20. The molecule has 0 amide bonds. The molecule has 4 heteroatoms. The summed E-state index contributed by atoms with van der Waals surface area (Å²) in [6, 6.07) is 122. The van der Waals surface area contributed by atoms with Crippen LogP contribution in [0, 0.1) is 0 Å². The summed E-state index contributed by atoms with van der Waals surface area (Å²) >= 11 is 0. The van der Waals surface area contributed by atoms with Crippen LogP contribution in [0.25, 0.3) is 162 Å². The van der Waals surface area contributed by atoms with Gasteiger partial charge in [-0.05, 0) is 212 Å². The normalized spacial score (nSPS) is 13.0. The molecule has 0 aliphatic carbocycles. The Labute approximate surface area is 553 Å². The molecule has 20 aromatic rings. The van der Waals surface area contributed by atoms with Crippen LogP contribution in [0.4, 0.5) is 0 Å². The van der Waals surface area contributed by atoms with Crippen molar-refractivity contribution in [3.05, 3.63) is 340 Å². The van der Waals surface area contributed by atoms with Crippen LogP contribution in [-0.4, -0.2) is 0 Å². The van der Waals surface area contributed by atoms with Gasteiger partial charge in [-0.3, -0.25) is 0 Å². The SMILES string of the molecule is O=P(c1ccc2cc3ccccc3cc2c1)(c1ccc2cc3ccc(-c4ccc5c(c4)c4ccccc4c4c(P(=O)(c6cccc7ccccc67)c6cccc7ccccc67)c6ccccc6cc54)cc3cc2c1)c1c2ccccc2cc2c3ccccc3c3ccccc3c12. The highest BCUT2D eigenvalue weighted by atomic mass is 31.2. The Morgan fingerprint density at radius 2 is 0.490 bits per heavy atom. The summed E-state index contributed by atoms with van der Waals surface area (Å²) in [5.74, 6) is 0. The Balaban J connectivity index is 0.799. The Kier molecular flexibility index (Phi) is 12.0. The molecule has 0 N–H and O–H groups in total. The summed E-state index contributed by atoms with van der Waals surface area (Å²) in [5.41, 5.74) is 2.19. The van der Waals surface area contributed by atoms with Crippen molar-refractivity contribution in [1.82, 2.24) is 0 Å². The molecule has 0 fully saturated rings. The molecule has 0 aromatic heterocycles. The summed E-state index contributed by atoms with van der Waals surface area (Å²) in [6.07, 6.45) is 0. The largest absolute Gasteiger partial charge is 0.309 e. The summed E-state index contributed by atoms with van der Waals surface area (Å²) in [7, 11) is -7.55. The van der Waals surface area contributed by atoms with E-state index < -0.39 is 14.3 Å². The number of fused-ring (bicyclic) bond motifs is 20. The first-order chi connectivity index (χ1) is 47.3. The third-order valence-electron chi connectivity index (χ3n) is 20.9. The molecule has 446 valence electrons. The van der Waals surface area contributed by atoms with Gasteiger partial charge in [0.2, 0.25) is 0 Å². The van der Waals surface area contributed by atoms with Crippen molar-refractivity contribution in [2.24, 2.45) is 0 Å². The van der Waals surface area contributed by atoms with Crippen LogP contribution in [0.1, 0.15) is 0 Å². The van der Waals surface area contributed by atoms with Gasteiger partial charge in [-0.2, -0.15) is 0 Å². The van der Waals surface area contributed by atoms with Crippen LogP contribution in [0.3, 0.4) is 0 Å². The van der Waals surface area contributed by atoms with Crippen LogP contribution in [0.5, 0.6) is 0 Å². The van der Waals surface area contributed by atoms with Crippen LogP contribution in [0.2, 0.25) is 0 Å². The van der Waals surface area contributed by atoms with E-state index in [0.717, 1.165) is 183 Å². The van der Waals surface area contributed by atoms with E-state index in [-0.39, 0.29) is 0 Å². The zero-order valence-corrected chi connectivity index (χ0v) is 53.8. The molecule has 0 aliphatic rings. The lowest BCUT2D eigenvalue weighted by Gasteiger charge is -2.27. The lowest BCUT2D eigenvalue weighted by molar-refractivity contribution is 0.592. The third kappa shape index (κ3) is 8.08. The van der Waals surface area contributed by atoms with E-state index in [2.05, 4.69) is 340 Å². The highest BCUT2D eigenvalue weighted by Gasteiger charge is 2.38. The molecule has 96 heavy (non-hydrogen) atoms. The Morgan fingerprint density at radius 3 is 1.01 bits per heavy atom. The van der Waals surface area contributed by atoms with E-state index in [1.165, 1.54) is 10.8 Å². The molecule has 0 bridgehead atoms. The molecule has 0 saturated heterocycles. The van der Waals surface area contributed by atoms with Crippen molar-refractivity contribution >= 4 is 197 Å². The van der Waals surface area contributed by atoms with Crippen LogP contribution in [-0.2, 0) is 9.13 Å². The second kappa shape index (κ2) is 21.0. The average molecular weight is 1260 g/mol. The van der Waals surface area contributed by atoms with Gasteiger partial charge < -0.3 is 9.13 Å². The molecule has 0 heterocycles.